The summed E-state index contributed by atoms with van der Waals surface area (Å²) in [6, 6.07) is 20.1. The SMILES string of the molecule is CC[C@H](C)[C@H](NC(=O)N(C)Cc1cccc(N)c1)C(=O)N[C@@H](Cc1ccccc1)[C@@H](O)CN(CC(C)C)S(=O)(=O)c1ccc(C=NO)cc1. The van der Waals surface area contributed by atoms with Crippen molar-refractivity contribution in [1.82, 2.24) is 19.8 Å². The molecule has 4 atom stereocenters. The van der Waals surface area contributed by atoms with Crippen molar-refractivity contribution in [3.63, 3.8) is 0 Å². The van der Waals surface area contributed by atoms with Crippen LogP contribution in [0, 0.1) is 11.8 Å². The van der Waals surface area contributed by atoms with Crippen LogP contribution in [0.25, 0.3) is 0 Å². The van der Waals surface area contributed by atoms with Gasteiger partial charge in [-0.3, -0.25) is 4.79 Å². The highest BCUT2D eigenvalue weighted by atomic mass is 32.2. The zero-order valence-electron chi connectivity index (χ0n) is 28.9. The van der Waals surface area contributed by atoms with Crippen molar-refractivity contribution in [1.29, 1.82) is 0 Å². The van der Waals surface area contributed by atoms with E-state index in [0.29, 0.717) is 17.7 Å². The summed E-state index contributed by atoms with van der Waals surface area (Å²) in [4.78, 5) is 28.7. The molecule has 0 aliphatic heterocycles. The first-order valence-electron chi connectivity index (χ1n) is 16.4. The molecule has 3 rings (SSSR count). The number of hydrogen-bond acceptors (Lipinski definition) is 8. The lowest BCUT2D eigenvalue weighted by atomic mass is 9.96. The Morgan fingerprint density at radius 1 is 0.939 bits per heavy atom. The van der Waals surface area contributed by atoms with E-state index >= 15 is 0 Å². The quantitative estimate of drug-likeness (QED) is 0.0612. The number of anilines is 1. The summed E-state index contributed by atoms with van der Waals surface area (Å²) >= 11 is 0. The first-order valence-corrected chi connectivity index (χ1v) is 17.8. The van der Waals surface area contributed by atoms with Crippen LogP contribution in [0.1, 0.15) is 50.8 Å². The maximum Gasteiger partial charge on any atom is 0.318 e. The van der Waals surface area contributed by atoms with Gasteiger partial charge in [0.1, 0.15) is 6.04 Å². The van der Waals surface area contributed by atoms with Gasteiger partial charge < -0.3 is 31.6 Å². The van der Waals surface area contributed by atoms with E-state index in [1.807, 2.05) is 70.2 Å². The molecule has 3 amide bonds. The number of hydrogen-bond donors (Lipinski definition) is 5. The van der Waals surface area contributed by atoms with E-state index in [0.717, 1.165) is 11.1 Å². The zero-order chi connectivity index (χ0) is 36.1. The molecule has 0 saturated heterocycles. The van der Waals surface area contributed by atoms with E-state index in [2.05, 4.69) is 15.8 Å². The molecule has 13 heteroatoms. The number of carbonyl (C=O) groups excluding carboxylic acids is 2. The van der Waals surface area contributed by atoms with Crippen LogP contribution in [-0.4, -0.2) is 84.4 Å². The number of carbonyl (C=O) groups is 2. The molecule has 6 N–H and O–H groups in total. The van der Waals surface area contributed by atoms with Gasteiger partial charge in [0.15, 0.2) is 0 Å². The Kier molecular flexibility index (Phi) is 14.6. The lowest BCUT2D eigenvalue weighted by Crippen LogP contribution is -2.58. The number of nitrogens with two attached hydrogens (primary N) is 1. The summed E-state index contributed by atoms with van der Waals surface area (Å²) < 4.78 is 28.9. The number of nitrogens with zero attached hydrogens (tertiary/aromatic N) is 3. The van der Waals surface area contributed by atoms with Crippen LogP contribution >= 0.6 is 0 Å². The van der Waals surface area contributed by atoms with Crippen LogP contribution in [0.15, 0.2) is 88.9 Å². The molecule has 0 spiro atoms. The van der Waals surface area contributed by atoms with Gasteiger partial charge in [-0.1, -0.05) is 93.9 Å². The highest BCUT2D eigenvalue weighted by molar-refractivity contribution is 7.89. The molecule has 0 radical (unpaired) electrons. The molecule has 266 valence electrons. The molecule has 0 saturated carbocycles. The Balaban J connectivity index is 1.87. The lowest BCUT2D eigenvalue weighted by molar-refractivity contribution is -0.125. The Bertz CT molecular complexity index is 1640. The fraction of sp³-hybridized carbons (Fsp3) is 0.417. The molecular weight excluding hydrogens is 644 g/mol. The topological polar surface area (TPSA) is 178 Å². The third kappa shape index (κ3) is 11.6. The summed E-state index contributed by atoms with van der Waals surface area (Å²) in [6.07, 6.45) is 0.690. The Labute approximate surface area is 290 Å². The largest absolute Gasteiger partial charge is 0.411 e. The molecule has 0 aliphatic rings. The van der Waals surface area contributed by atoms with Crippen molar-refractivity contribution in [3.05, 3.63) is 95.6 Å². The predicted molar refractivity (Wildman–Crippen MR) is 192 cm³/mol. The molecule has 0 aliphatic carbocycles. The Hall–Kier alpha value is -4.46. The molecule has 0 heterocycles. The molecular formula is C36H50N6O6S. The maximum atomic E-state index is 13.9. The van der Waals surface area contributed by atoms with Crippen molar-refractivity contribution in [2.24, 2.45) is 17.0 Å². The van der Waals surface area contributed by atoms with Crippen LogP contribution in [0.4, 0.5) is 10.5 Å². The highest BCUT2D eigenvalue weighted by Crippen LogP contribution is 2.20. The van der Waals surface area contributed by atoms with Crippen LogP contribution in [0.2, 0.25) is 0 Å². The third-order valence-electron chi connectivity index (χ3n) is 8.27. The number of aliphatic hydroxyl groups excluding tert-OH is 1. The number of nitrogen functional groups attached to an aromatic ring is 1. The fourth-order valence-electron chi connectivity index (χ4n) is 5.36. The number of rotatable bonds is 17. The van der Waals surface area contributed by atoms with Gasteiger partial charge in [0.05, 0.1) is 23.3 Å². The van der Waals surface area contributed by atoms with Crippen molar-refractivity contribution in [3.8, 4) is 0 Å². The average molecular weight is 695 g/mol. The number of amides is 3. The standard InChI is InChI=1S/C36H50N6O6S/c1-6-26(4)34(40-36(45)41(5)23-29-13-10-14-30(37)19-29)35(44)39-32(20-27-11-8-7-9-12-27)33(43)24-42(22-25(2)3)49(47,48)31-17-15-28(16-18-31)21-38-46/h7-19,21,25-26,32-34,43,46H,6,20,22-24,37H2,1-5H3,(H,39,44)(H,40,45)/t26-,32-,33-,34-/m0/s1. The van der Waals surface area contributed by atoms with Gasteiger partial charge in [0, 0.05) is 32.4 Å². The van der Waals surface area contributed by atoms with E-state index in [4.69, 9.17) is 10.9 Å². The summed E-state index contributed by atoms with van der Waals surface area (Å²) in [5.74, 6) is -0.811. The van der Waals surface area contributed by atoms with Gasteiger partial charge in [-0.05, 0) is 59.2 Å². The monoisotopic (exact) mass is 694 g/mol. The van der Waals surface area contributed by atoms with Gasteiger partial charge in [0.2, 0.25) is 15.9 Å². The number of aliphatic hydroxyl groups is 1. The van der Waals surface area contributed by atoms with Crippen LogP contribution in [0.3, 0.4) is 0 Å². The summed E-state index contributed by atoms with van der Waals surface area (Å²) in [6.45, 7) is 7.64. The van der Waals surface area contributed by atoms with Crippen molar-refractivity contribution in [2.45, 2.75) is 70.2 Å². The van der Waals surface area contributed by atoms with Crippen molar-refractivity contribution >= 4 is 33.9 Å². The summed E-state index contributed by atoms with van der Waals surface area (Å²) in [5.41, 5.74) is 8.66. The van der Waals surface area contributed by atoms with Gasteiger partial charge in [-0.2, -0.15) is 4.31 Å². The van der Waals surface area contributed by atoms with E-state index in [1.54, 1.807) is 19.2 Å². The van der Waals surface area contributed by atoms with E-state index in [1.165, 1.54) is 39.7 Å². The average Bonchev–Trinajstić information content (AvgIpc) is 3.06. The number of urea groups is 1. The van der Waals surface area contributed by atoms with E-state index in [9.17, 15) is 23.1 Å². The summed E-state index contributed by atoms with van der Waals surface area (Å²) in [5, 5.41) is 29.3. The van der Waals surface area contributed by atoms with Crippen LogP contribution in [-0.2, 0) is 27.8 Å². The second-order valence-electron chi connectivity index (χ2n) is 12.8. The first-order chi connectivity index (χ1) is 23.2. The number of benzene rings is 3. The molecule has 0 unspecified atom stereocenters. The Morgan fingerprint density at radius 3 is 2.18 bits per heavy atom. The smallest absolute Gasteiger partial charge is 0.318 e. The molecule has 3 aromatic carbocycles. The second kappa shape index (κ2) is 18.3. The predicted octanol–water partition coefficient (Wildman–Crippen LogP) is 4.07. The minimum Gasteiger partial charge on any atom is -0.411 e. The molecule has 49 heavy (non-hydrogen) atoms. The minimum absolute atomic E-state index is 0.0148. The summed E-state index contributed by atoms with van der Waals surface area (Å²) in [7, 11) is -2.43. The lowest BCUT2D eigenvalue weighted by Gasteiger charge is -2.33. The third-order valence-corrected chi connectivity index (χ3v) is 10.1. The van der Waals surface area contributed by atoms with Gasteiger partial charge in [-0.15, -0.1) is 0 Å². The fourth-order valence-corrected chi connectivity index (χ4v) is 6.98. The molecule has 0 aromatic heterocycles. The number of nitrogens with one attached hydrogen (secondary N) is 2. The molecule has 0 bridgehead atoms. The number of sulfonamides is 1. The maximum absolute atomic E-state index is 13.9. The molecule has 0 fully saturated rings. The van der Waals surface area contributed by atoms with Crippen LogP contribution in [0.5, 0.6) is 0 Å². The van der Waals surface area contributed by atoms with Gasteiger partial charge in [0.25, 0.3) is 0 Å². The zero-order valence-corrected chi connectivity index (χ0v) is 29.7. The first kappa shape index (κ1) is 39.0. The Morgan fingerprint density at radius 2 is 1.59 bits per heavy atom. The van der Waals surface area contributed by atoms with E-state index < -0.39 is 40.1 Å². The molecule has 3 aromatic rings. The van der Waals surface area contributed by atoms with Gasteiger partial charge >= 0.3 is 6.03 Å². The second-order valence-corrected chi connectivity index (χ2v) is 14.8. The van der Waals surface area contributed by atoms with Crippen molar-refractivity contribution in [2.75, 3.05) is 25.9 Å². The molecule has 12 nitrogen and oxygen atoms in total. The van der Waals surface area contributed by atoms with E-state index in [-0.39, 0.29) is 42.8 Å². The number of oxime groups is 1. The normalized spacial score (nSPS) is 14.4. The minimum atomic E-state index is -4.06. The van der Waals surface area contributed by atoms with Crippen molar-refractivity contribution < 1.29 is 28.3 Å². The van der Waals surface area contributed by atoms with Gasteiger partial charge in [-0.25, -0.2) is 13.2 Å². The highest BCUT2D eigenvalue weighted by Gasteiger charge is 2.34. The van der Waals surface area contributed by atoms with Crippen LogP contribution < -0.4 is 16.4 Å².